The van der Waals surface area contributed by atoms with Gasteiger partial charge in [0.15, 0.2) is 5.16 Å². The van der Waals surface area contributed by atoms with E-state index in [4.69, 9.17) is 4.74 Å². The van der Waals surface area contributed by atoms with E-state index in [-0.39, 0.29) is 11.6 Å². The Bertz CT molecular complexity index is 883. The lowest BCUT2D eigenvalue weighted by Crippen LogP contribution is -2.42. The summed E-state index contributed by atoms with van der Waals surface area (Å²) in [5.41, 5.74) is 0.367. The van der Waals surface area contributed by atoms with Gasteiger partial charge in [0.25, 0.3) is 5.56 Å². The molecule has 0 saturated carbocycles. The van der Waals surface area contributed by atoms with Crippen LogP contribution in [0.15, 0.2) is 34.2 Å². The van der Waals surface area contributed by atoms with E-state index < -0.39 is 17.2 Å². The number of benzene rings is 1. The zero-order chi connectivity index (χ0) is 20.0. The van der Waals surface area contributed by atoms with E-state index in [1.54, 1.807) is 45.2 Å². The van der Waals surface area contributed by atoms with Gasteiger partial charge in [0.2, 0.25) is 5.91 Å². The van der Waals surface area contributed by atoms with Crippen molar-refractivity contribution in [2.45, 2.75) is 37.2 Å². The van der Waals surface area contributed by atoms with E-state index in [1.807, 2.05) is 6.92 Å². The first-order chi connectivity index (χ1) is 12.9. The zero-order valence-electron chi connectivity index (χ0n) is 15.8. The molecule has 0 fully saturated rings. The lowest BCUT2D eigenvalue weighted by atomic mass is 10.2. The van der Waals surface area contributed by atoms with Crippen molar-refractivity contribution in [1.29, 1.82) is 0 Å². The molecule has 1 aromatic heterocycles. The van der Waals surface area contributed by atoms with Gasteiger partial charge in [-0.2, -0.15) is 0 Å². The minimum Gasteiger partial charge on any atom is -0.383 e. The van der Waals surface area contributed by atoms with Crippen molar-refractivity contribution < 1.29 is 14.3 Å². The minimum absolute atomic E-state index is 0.191. The number of imide groups is 1. The monoisotopic (exact) mass is 392 g/mol. The van der Waals surface area contributed by atoms with Crippen molar-refractivity contribution in [1.82, 2.24) is 20.2 Å². The van der Waals surface area contributed by atoms with Gasteiger partial charge in [0.1, 0.15) is 0 Å². The number of amides is 3. The highest BCUT2D eigenvalue weighted by molar-refractivity contribution is 8.00. The van der Waals surface area contributed by atoms with Crippen molar-refractivity contribution in [3.63, 3.8) is 0 Å². The summed E-state index contributed by atoms with van der Waals surface area (Å²) in [5.74, 6) is -0.459. The zero-order valence-corrected chi connectivity index (χ0v) is 16.6. The fourth-order valence-electron chi connectivity index (χ4n) is 2.54. The maximum atomic E-state index is 13.0. The van der Waals surface area contributed by atoms with Crippen LogP contribution in [0, 0.1) is 0 Å². The van der Waals surface area contributed by atoms with Crippen LogP contribution >= 0.6 is 11.8 Å². The van der Waals surface area contributed by atoms with Crippen molar-refractivity contribution in [2.75, 3.05) is 20.3 Å². The van der Waals surface area contributed by atoms with Crippen LogP contribution in [0.2, 0.25) is 0 Å². The Morgan fingerprint density at radius 3 is 2.67 bits per heavy atom. The summed E-state index contributed by atoms with van der Waals surface area (Å²) in [5, 5.41) is 5.07. The Labute approximate surface area is 161 Å². The molecule has 2 aromatic rings. The molecular formula is C18H24N4O4S. The standard InChI is InChI=1S/C18H24N4O4S/c1-5-19-17(25)21-15(23)12(3)27-18-20-14-9-7-6-8-13(14)16(24)22(18)11(2)10-26-4/h6-9,11-12H,5,10H2,1-4H3,(H2,19,21,23,25)/t11-,12-/m0/s1. The Morgan fingerprint density at radius 2 is 2.00 bits per heavy atom. The summed E-state index contributed by atoms with van der Waals surface area (Å²) >= 11 is 1.13. The van der Waals surface area contributed by atoms with Crippen LogP contribution in [0.1, 0.15) is 26.8 Å². The largest absolute Gasteiger partial charge is 0.383 e. The van der Waals surface area contributed by atoms with Gasteiger partial charge < -0.3 is 10.1 Å². The molecule has 27 heavy (non-hydrogen) atoms. The molecule has 8 nitrogen and oxygen atoms in total. The summed E-state index contributed by atoms with van der Waals surface area (Å²) < 4.78 is 6.72. The molecular weight excluding hydrogens is 368 g/mol. The number of aromatic nitrogens is 2. The summed E-state index contributed by atoms with van der Waals surface area (Å²) in [6.45, 7) is 6.02. The number of hydrogen-bond acceptors (Lipinski definition) is 6. The van der Waals surface area contributed by atoms with E-state index in [0.717, 1.165) is 11.8 Å². The predicted molar refractivity (Wildman–Crippen MR) is 105 cm³/mol. The molecule has 0 saturated heterocycles. The van der Waals surface area contributed by atoms with E-state index in [0.29, 0.717) is 29.2 Å². The molecule has 146 valence electrons. The van der Waals surface area contributed by atoms with Gasteiger partial charge in [0.05, 0.1) is 28.8 Å². The first-order valence-electron chi connectivity index (χ1n) is 8.64. The Kier molecular flexibility index (Phi) is 7.37. The molecule has 1 heterocycles. The number of carbonyl (C=O) groups excluding carboxylic acids is 2. The van der Waals surface area contributed by atoms with E-state index in [9.17, 15) is 14.4 Å². The number of rotatable bonds is 7. The molecule has 1 aromatic carbocycles. The maximum Gasteiger partial charge on any atom is 0.321 e. The molecule has 9 heteroatoms. The molecule has 0 aliphatic heterocycles. The Balaban J connectivity index is 2.38. The molecule has 2 N–H and O–H groups in total. The number of ether oxygens (including phenoxy) is 1. The van der Waals surface area contributed by atoms with Gasteiger partial charge in [-0.15, -0.1) is 0 Å². The number of para-hydroxylation sites is 1. The second-order valence-electron chi connectivity index (χ2n) is 6.00. The van der Waals surface area contributed by atoms with Crippen LogP contribution in [0.25, 0.3) is 10.9 Å². The van der Waals surface area contributed by atoms with Crippen molar-refractivity contribution in [3.8, 4) is 0 Å². The van der Waals surface area contributed by atoms with Gasteiger partial charge in [-0.25, -0.2) is 9.78 Å². The maximum absolute atomic E-state index is 13.0. The number of urea groups is 1. The fraction of sp³-hybridized carbons (Fsp3) is 0.444. The van der Waals surface area contributed by atoms with Gasteiger partial charge >= 0.3 is 6.03 Å². The molecule has 0 aliphatic rings. The summed E-state index contributed by atoms with van der Waals surface area (Å²) in [6, 6.07) is 6.25. The Morgan fingerprint density at radius 1 is 1.30 bits per heavy atom. The van der Waals surface area contributed by atoms with Crippen LogP contribution in [0.4, 0.5) is 4.79 Å². The number of thioether (sulfide) groups is 1. The average Bonchev–Trinajstić information content (AvgIpc) is 2.62. The Hall–Kier alpha value is -2.39. The number of nitrogens with one attached hydrogen (secondary N) is 2. The van der Waals surface area contributed by atoms with Gasteiger partial charge in [0, 0.05) is 13.7 Å². The quantitative estimate of drug-likeness (QED) is 0.551. The van der Waals surface area contributed by atoms with Gasteiger partial charge in [-0.05, 0) is 32.9 Å². The summed E-state index contributed by atoms with van der Waals surface area (Å²) in [7, 11) is 1.56. The molecule has 0 radical (unpaired) electrons. The average molecular weight is 392 g/mol. The molecule has 2 rings (SSSR count). The molecule has 0 spiro atoms. The highest BCUT2D eigenvalue weighted by Gasteiger charge is 2.22. The van der Waals surface area contributed by atoms with E-state index in [2.05, 4.69) is 15.6 Å². The molecule has 3 amide bonds. The van der Waals surface area contributed by atoms with Crippen molar-refractivity contribution in [3.05, 3.63) is 34.6 Å². The van der Waals surface area contributed by atoms with Crippen LogP contribution < -0.4 is 16.2 Å². The first-order valence-corrected chi connectivity index (χ1v) is 9.52. The lowest BCUT2D eigenvalue weighted by molar-refractivity contribution is -0.119. The number of nitrogens with zero attached hydrogens (tertiary/aromatic N) is 2. The molecule has 0 unspecified atom stereocenters. The number of fused-ring (bicyclic) bond motifs is 1. The van der Waals surface area contributed by atoms with E-state index >= 15 is 0 Å². The highest BCUT2D eigenvalue weighted by Crippen LogP contribution is 2.25. The second-order valence-corrected chi connectivity index (χ2v) is 7.31. The van der Waals surface area contributed by atoms with Crippen LogP contribution in [-0.4, -0.2) is 47.0 Å². The number of methoxy groups -OCH3 is 1. The third-order valence-corrected chi connectivity index (χ3v) is 4.92. The lowest BCUT2D eigenvalue weighted by Gasteiger charge is -2.20. The molecule has 0 aliphatic carbocycles. The third-order valence-electron chi connectivity index (χ3n) is 3.85. The van der Waals surface area contributed by atoms with Crippen LogP contribution in [-0.2, 0) is 9.53 Å². The minimum atomic E-state index is -0.623. The number of carbonyl (C=O) groups is 2. The van der Waals surface area contributed by atoms with Crippen LogP contribution in [0.5, 0.6) is 0 Å². The topological polar surface area (TPSA) is 102 Å². The molecule has 2 atom stereocenters. The fourth-order valence-corrected chi connectivity index (χ4v) is 3.55. The van der Waals surface area contributed by atoms with Crippen LogP contribution in [0.3, 0.4) is 0 Å². The van der Waals surface area contributed by atoms with Crippen molar-refractivity contribution in [2.24, 2.45) is 0 Å². The first kappa shape index (κ1) is 20.9. The smallest absolute Gasteiger partial charge is 0.321 e. The SMILES string of the molecule is CCNC(=O)NC(=O)[C@H](C)Sc1nc2ccccc2c(=O)n1[C@@H](C)COC. The normalized spacial score (nSPS) is 13.2. The third kappa shape index (κ3) is 5.08. The second kappa shape index (κ2) is 9.52. The van der Waals surface area contributed by atoms with Gasteiger partial charge in [-0.1, -0.05) is 23.9 Å². The van der Waals surface area contributed by atoms with E-state index in [1.165, 1.54) is 4.57 Å². The number of hydrogen-bond donors (Lipinski definition) is 2. The summed E-state index contributed by atoms with van der Waals surface area (Å²) in [6.07, 6.45) is 0. The highest BCUT2D eigenvalue weighted by atomic mass is 32.2. The van der Waals surface area contributed by atoms with Gasteiger partial charge in [-0.3, -0.25) is 19.5 Å². The predicted octanol–water partition coefficient (Wildman–Crippen LogP) is 1.93. The summed E-state index contributed by atoms with van der Waals surface area (Å²) in [4.78, 5) is 41.4. The molecule has 0 bridgehead atoms. The van der Waals surface area contributed by atoms with Crippen molar-refractivity contribution >= 4 is 34.6 Å².